The highest BCUT2D eigenvalue weighted by molar-refractivity contribution is 7.89. The number of sulfonamides is 1. The lowest BCUT2D eigenvalue weighted by molar-refractivity contribution is 0.271. The number of ether oxygens (including phenoxy) is 3. The van der Waals surface area contributed by atoms with E-state index >= 15 is 0 Å². The molecule has 33 heavy (non-hydrogen) atoms. The van der Waals surface area contributed by atoms with Crippen molar-refractivity contribution in [3.63, 3.8) is 0 Å². The molecule has 8 heteroatoms. The second-order valence-electron chi connectivity index (χ2n) is 7.99. The summed E-state index contributed by atoms with van der Waals surface area (Å²) in [6, 6.07) is 15.7. The van der Waals surface area contributed by atoms with Crippen molar-refractivity contribution >= 4 is 10.0 Å². The molecule has 0 unspecified atom stereocenters. The molecular weight excluding hydrogens is 440 g/mol. The molecule has 0 bridgehead atoms. The van der Waals surface area contributed by atoms with Gasteiger partial charge in [-0.15, -0.1) is 0 Å². The Labute approximate surface area is 196 Å². The van der Waals surface area contributed by atoms with E-state index < -0.39 is 10.0 Å². The molecule has 0 saturated carbocycles. The maximum absolute atomic E-state index is 13.6. The Morgan fingerprint density at radius 2 is 1.45 bits per heavy atom. The van der Waals surface area contributed by atoms with Gasteiger partial charge in [0.25, 0.3) is 0 Å². The zero-order valence-corrected chi connectivity index (χ0v) is 20.2. The Morgan fingerprint density at radius 1 is 0.848 bits per heavy atom. The van der Waals surface area contributed by atoms with Gasteiger partial charge >= 0.3 is 0 Å². The summed E-state index contributed by atoms with van der Waals surface area (Å²) in [6.07, 6.45) is 3.30. The smallest absolute Gasteiger partial charge is 0.243 e. The van der Waals surface area contributed by atoms with Gasteiger partial charge in [-0.2, -0.15) is 4.31 Å². The van der Waals surface area contributed by atoms with Crippen molar-refractivity contribution in [3.8, 4) is 17.2 Å². The zero-order chi connectivity index (χ0) is 23.8. The van der Waals surface area contributed by atoms with Gasteiger partial charge in [-0.05, 0) is 53.4 Å². The van der Waals surface area contributed by atoms with E-state index in [9.17, 15) is 8.42 Å². The van der Waals surface area contributed by atoms with Crippen LogP contribution < -0.4 is 14.2 Å². The van der Waals surface area contributed by atoms with Gasteiger partial charge in [-0.25, -0.2) is 8.42 Å². The Morgan fingerprint density at radius 3 is 2.03 bits per heavy atom. The maximum atomic E-state index is 13.6. The minimum absolute atomic E-state index is 0.131. The summed E-state index contributed by atoms with van der Waals surface area (Å²) in [5.41, 5.74) is 1.69. The number of benzene rings is 2. The first kappa shape index (κ1) is 24.5. The minimum Gasteiger partial charge on any atom is -0.493 e. The third-order valence-electron chi connectivity index (χ3n) is 4.97. The van der Waals surface area contributed by atoms with E-state index in [2.05, 4.69) is 18.8 Å². The zero-order valence-electron chi connectivity index (χ0n) is 19.4. The Balaban J connectivity index is 1.91. The number of hydrogen-bond donors (Lipinski definition) is 0. The van der Waals surface area contributed by atoms with Crippen LogP contribution in [0.4, 0.5) is 0 Å². The van der Waals surface area contributed by atoms with Crippen molar-refractivity contribution in [3.05, 3.63) is 78.1 Å². The van der Waals surface area contributed by atoms with Crippen molar-refractivity contribution < 1.29 is 22.6 Å². The van der Waals surface area contributed by atoms with Crippen molar-refractivity contribution in [1.82, 2.24) is 9.29 Å². The lowest BCUT2D eigenvalue weighted by Crippen LogP contribution is -2.30. The predicted molar refractivity (Wildman–Crippen MR) is 127 cm³/mol. The van der Waals surface area contributed by atoms with Gasteiger partial charge in [0.1, 0.15) is 5.75 Å². The number of nitrogens with zero attached hydrogens (tertiary/aromatic N) is 2. The summed E-state index contributed by atoms with van der Waals surface area (Å²) in [4.78, 5) is 4.16. The summed E-state index contributed by atoms with van der Waals surface area (Å²) in [7, 11) is -0.852. The highest BCUT2D eigenvalue weighted by atomic mass is 32.2. The Kier molecular flexibility index (Phi) is 8.30. The summed E-state index contributed by atoms with van der Waals surface area (Å²) in [6.45, 7) is 5.20. The lowest BCUT2D eigenvalue weighted by atomic mass is 10.2. The first-order valence-electron chi connectivity index (χ1n) is 10.7. The van der Waals surface area contributed by atoms with E-state index in [1.807, 2.05) is 24.3 Å². The molecular formula is C25H30N2O5S. The first-order chi connectivity index (χ1) is 15.8. The van der Waals surface area contributed by atoms with E-state index in [1.165, 1.54) is 30.7 Å². The van der Waals surface area contributed by atoms with E-state index in [1.54, 1.807) is 30.6 Å². The third-order valence-corrected chi connectivity index (χ3v) is 6.75. The molecule has 1 heterocycles. The first-order valence-corrected chi connectivity index (χ1v) is 12.1. The van der Waals surface area contributed by atoms with Crippen LogP contribution in [0.25, 0.3) is 0 Å². The van der Waals surface area contributed by atoms with Crippen LogP contribution in [-0.2, 0) is 23.1 Å². The molecule has 0 fully saturated rings. The monoisotopic (exact) mass is 470 g/mol. The van der Waals surface area contributed by atoms with Crippen LogP contribution in [0, 0.1) is 5.92 Å². The van der Waals surface area contributed by atoms with Crippen molar-refractivity contribution in [2.75, 3.05) is 20.8 Å². The fraction of sp³-hybridized carbons (Fsp3) is 0.320. The fourth-order valence-corrected chi connectivity index (χ4v) is 4.63. The fourth-order valence-electron chi connectivity index (χ4n) is 3.20. The number of aromatic nitrogens is 1. The summed E-state index contributed by atoms with van der Waals surface area (Å²) < 4.78 is 45.0. The highest BCUT2D eigenvalue weighted by Crippen LogP contribution is 2.31. The van der Waals surface area contributed by atoms with Crippen LogP contribution in [0.3, 0.4) is 0 Å². The van der Waals surface area contributed by atoms with E-state index in [4.69, 9.17) is 14.2 Å². The van der Waals surface area contributed by atoms with Gasteiger partial charge in [-0.3, -0.25) is 4.98 Å². The van der Waals surface area contributed by atoms with Crippen molar-refractivity contribution in [2.24, 2.45) is 5.92 Å². The molecule has 176 valence electrons. The molecule has 3 rings (SSSR count). The minimum atomic E-state index is -3.84. The molecule has 0 radical (unpaired) electrons. The molecule has 0 saturated heterocycles. The molecule has 0 amide bonds. The summed E-state index contributed by atoms with van der Waals surface area (Å²) in [5.74, 6) is 2.01. The van der Waals surface area contributed by atoms with Crippen LogP contribution in [0.2, 0.25) is 0 Å². The molecule has 1 aromatic heterocycles. The second-order valence-corrected chi connectivity index (χ2v) is 9.93. The highest BCUT2D eigenvalue weighted by Gasteiger charge is 2.26. The molecule has 0 N–H and O–H groups in total. The van der Waals surface area contributed by atoms with Crippen molar-refractivity contribution in [2.45, 2.75) is 31.8 Å². The predicted octanol–water partition coefficient (Wildman–Crippen LogP) is 4.52. The third kappa shape index (κ3) is 6.46. The van der Waals surface area contributed by atoms with Crippen LogP contribution in [-0.4, -0.2) is 38.5 Å². The van der Waals surface area contributed by atoms with Crippen LogP contribution >= 0.6 is 0 Å². The summed E-state index contributed by atoms with van der Waals surface area (Å²) >= 11 is 0. The molecule has 7 nitrogen and oxygen atoms in total. The number of pyridine rings is 1. The van der Waals surface area contributed by atoms with Crippen LogP contribution in [0.1, 0.15) is 25.0 Å². The van der Waals surface area contributed by atoms with Gasteiger partial charge < -0.3 is 14.2 Å². The van der Waals surface area contributed by atoms with Gasteiger partial charge in [-0.1, -0.05) is 26.0 Å². The molecule has 3 aromatic rings. The largest absolute Gasteiger partial charge is 0.493 e. The molecule has 0 atom stereocenters. The maximum Gasteiger partial charge on any atom is 0.243 e. The normalized spacial score (nSPS) is 11.6. The molecule has 0 aliphatic carbocycles. The van der Waals surface area contributed by atoms with Gasteiger partial charge in [0.2, 0.25) is 10.0 Å². The van der Waals surface area contributed by atoms with Gasteiger partial charge in [0.15, 0.2) is 11.5 Å². The summed E-state index contributed by atoms with van der Waals surface area (Å²) in [5, 5.41) is 0. The molecule has 0 spiro atoms. The number of methoxy groups -OCH3 is 2. The van der Waals surface area contributed by atoms with Crippen LogP contribution in [0.5, 0.6) is 17.2 Å². The standard InChI is InChI=1S/C25H30N2O5S/c1-19(2)18-32-22-7-5-20(6-8-22)16-27(17-21-11-13-26-14-12-21)33(28,29)23-9-10-24(30-3)25(15-23)31-4/h5-15,19H,16-18H2,1-4H3. The molecule has 0 aliphatic rings. The molecule has 2 aromatic carbocycles. The number of hydrogen-bond acceptors (Lipinski definition) is 6. The Hall–Kier alpha value is -3.10. The van der Waals surface area contributed by atoms with E-state index in [0.717, 1.165) is 16.9 Å². The van der Waals surface area contributed by atoms with E-state index in [0.29, 0.717) is 24.0 Å². The lowest BCUT2D eigenvalue weighted by Gasteiger charge is -2.23. The van der Waals surface area contributed by atoms with Gasteiger partial charge in [0, 0.05) is 31.5 Å². The van der Waals surface area contributed by atoms with Crippen LogP contribution in [0.15, 0.2) is 71.9 Å². The number of rotatable bonds is 11. The van der Waals surface area contributed by atoms with Crippen molar-refractivity contribution in [1.29, 1.82) is 0 Å². The SMILES string of the molecule is COc1ccc(S(=O)(=O)N(Cc2ccncc2)Cc2ccc(OCC(C)C)cc2)cc1OC. The quantitative estimate of drug-likeness (QED) is 0.410. The second kappa shape index (κ2) is 11.2. The van der Waals surface area contributed by atoms with E-state index in [-0.39, 0.29) is 18.0 Å². The average molecular weight is 471 g/mol. The topological polar surface area (TPSA) is 78.0 Å². The van der Waals surface area contributed by atoms with Gasteiger partial charge in [0.05, 0.1) is 25.7 Å². The Bertz CT molecular complexity index is 1130. The molecule has 0 aliphatic heterocycles. The average Bonchev–Trinajstić information content (AvgIpc) is 2.83.